The van der Waals surface area contributed by atoms with Crippen molar-refractivity contribution in [2.45, 2.75) is 19.9 Å². The largest absolute Gasteiger partial charge is 0.331 e. The van der Waals surface area contributed by atoms with Crippen LogP contribution < -0.4 is 10.6 Å². The van der Waals surface area contributed by atoms with E-state index in [2.05, 4.69) is 26.6 Å². The van der Waals surface area contributed by atoms with E-state index in [0.717, 1.165) is 10.0 Å². The van der Waals surface area contributed by atoms with Gasteiger partial charge in [-0.15, -0.1) is 0 Å². The predicted octanol–water partition coefficient (Wildman–Crippen LogP) is 4.78. The van der Waals surface area contributed by atoms with Crippen molar-refractivity contribution >= 4 is 27.6 Å². The summed E-state index contributed by atoms with van der Waals surface area (Å²) in [6.45, 7) is 3.56. The number of aryl methyl sites for hydroxylation is 1. The number of anilines is 1. The normalized spacial score (nSPS) is 11.8. The van der Waals surface area contributed by atoms with E-state index in [1.54, 1.807) is 19.1 Å². The number of nitrogens with one attached hydrogen (secondary N) is 2. The smallest absolute Gasteiger partial charge is 0.319 e. The van der Waals surface area contributed by atoms with Crippen LogP contribution >= 0.6 is 15.9 Å². The molecule has 2 rings (SSSR count). The van der Waals surface area contributed by atoms with Crippen molar-refractivity contribution in [1.82, 2.24) is 5.32 Å². The van der Waals surface area contributed by atoms with Crippen LogP contribution in [0.3, 0.4) is 0 Å². The molecule has 0 bridgehead atoms. The minimum absolute atomic E-state index is 0.145. The van der Waals surface area contributed by atoms with Gasteiger partial charge >= 0.3 is 6.03 Å². The maximum Gasteiger partial charge on any atom is 0.319 e. The van der Waals surface area contributed by atoms with Crippen molar-refractivity contribution in [3.8, 4) is 0 Å². The van der Waals surface area contributed by atoms with E-state index < -0.39 is 0 Å². The topological polar surface area (TPSA) is 41.1 Å². The zero-order chi connectivity index (χ0) is 15.4. The first-order valence-electron chi connectivity index (χ1n) is 6.55. The fourth-order valence-electron chi connectivity index (χ4n) is 1.87. The second kappa shape index (κ2) is 6.72. The summed E-state index contributed by atoms with van der Waals surface area (Å²) < 4.78 is 14.4. The minimum atomic E-state index is -0.367. The maximum atomic E-state index is 13.4. The third-order valence-corrected chi connectivity index (χ3v) is 3.68. The monoisotopic (exact) mass is 350 g/mol. The van der Waals surface area contributed by atoms with E-state index in [1.165, 1.54) is 6.07 Å². The molecule has 2 N–H and O–H groups in total. The second-order valence-electron chi connectivity index (χ2n) is 4.84. The number of rotatable bonds is 3. The molecular formula is C16H16BrFN2O. The van der Waals surface area contributed by atoms with E-state index in [4.69, 9.17) is 0 Å². The summed E-state index contributed by atoms with van der Waals surface area (Å²) >= 11 is 3.37. The molecule has 2 aromatic carbocycles. The molecule has 3 nitrogen and oxygen atoms in total. The average molecular weight is 351 g/mol. The van der Waals surface area contributed by atoms with Crippen molar-refractivity contribution in [3.05, 3.63) is 63.9 Å². The summed E-state index contributed by atoms with van der Waals surface area (Å²) in [5.74, 6) is -0.339. The van der Waals surface area contributed by atoms with Gasteiger partial charge < -0.3 is 10.6 Å². The summed E-state index contributed by atoms with van der Waals surface area (Å²) in [6, 6.07) is 11.8. The number of hydrogen-bond acceptors (Lipinski definition) is 1. The Kier molecular flexibility index (Phi) is 4.96. The molecule has 21 heavy (non-hydrogen) atoms. The lowest BCUT2D eigenvalue weighted by Gasteiger charge is -2.15. The Morgan fingerprint density at radius 1 is 1.19 bits per heavy atom. The standard InChI is InChI=1S/C16H16BrFN2O/c1-10-3-8-14(9-15(10)18)20-16(21)19-11(2)12-4-6-13(17)7-5-12/h3-9,11H,1-2H3,(H2,19,20,21). The van der Waals surface area contributed by atoms with Crippen molar-refractivity contribution in [2.24, 2.45) is 0 Å². The van der Waals surface area contributed by atoms with Crippen LogP contribution in [0.2, 0.25) is 0 Å². The molecule has 2 amide bonds. The van der Waals surface area contributed by atoms with Gasteiger partial charge in [0.25, 0.3) is 0 Å². The van der Waals surface area contributed by atoms with E-state index in [0.29, 0.717) is 11.3 Å². The van der Waals surface area contributed by atoms with Gasteiger partial charge in [-0.1, -0.05) is 34.1 Å². The molecule has 0 saturated heterocycles. The third-order valence-electron chi connectivity index (χ3n) is 3.15. The Morgan fingerprint density at radius 2 is 1.86 bits per heavy atom. The lowest BCUT2D eigenvalue weighted by atomic mass is 10.1. The number of carbonyl (C=O) groups is 1. The first kappa shape index (κ1) is 15.5. The second-order valence-corrected chi connectivity index (χ2v) is 5.75. The van der Waals surface area contributed by atoms with Crippen molar-refractivity contribution in [3.63, 3.8) is 0 Å². The fourth-order valence-corrected chi connectivity index (χ4v) is 2.13. The van der Waals surface area contributed by atoms with Gasteiger partial charge in [-0.25, -0.2) is 9.18 Å². The molecule has 0 spiro atoms. The first-order chi connectivity index (χ1) is 9.95. The first-order valence-corrected chi connectivity index (χ1v) is 7.34. The number of amides is 2. The number of urea groups is 1. The van der Waals surface area contributed by atoms with Crippen LogP contribution in [-0.4, -0.2) is 6.03 Å². The van der Waals surface area contributed by atoms with Crippen molar-refractivity contribution in [1.29, 1.82) is 0 Å². The van der Waals surface area contributed by atoms with E-state index in [9.17, 15) is 9.18 Å². The molecular weight excluding hydrogens is 335 g/mol. The zero-order valence-corrected chi connectivity index (χ0v) is 13.4. The van der Waals surface area contributed by atoms with E-state index in [-0.39, 0.29) is 17.9 Å². The van der Waals surface area contributed by atoms with Gasteiger partial charge in [0.05, 0.1) is 6.04 Å². The number of hydrogen-bond donors (Lipinski definition) is 2. The quantitative estimate of drug-likeness (QED) is 0.821. The van der Waals surface area contributed by atoms with Gasteiger partial charge in [0.15, 0.2) is 0 Å². The SMILES string of the molecule is Cc1ccc(NC(=O)NC(C)c2ccc(Br)cc2)cc1F. The van der Waals surface area contributed by atoms with E-state index in [1.807, 2.05) is 31.2 Å². The van der Waals surface area contributed by atoms with Crippen molar-refractivity contribution in [2.75, 3.05) is 5.32 Å². The Bertz CT molecular complexity index is 643. The van der Waals surface area contributed by atoms with Gasteiger partial charge in [-0.3, -0.25) is 0 Å². The van der Waals surface area contributed by atoms with Crippen molar-refractivity contribution < 1.29 is 9.18 Å². The molecule has 0 aliphatic rings. The lowest BCUT2D eigenvalue weighted by Crippen LogP contribution is -2.31. The van der Waals surface area contributed by atoms with Gasteiger partial charge in [0.2, 0.25) is 0 Å². The molecule has 0 aromatic heterocycles. The van der Waals surface area contributed by atoms with Gasteiger partial charge in [0.1, 0.15) is 5.82 Å². The highest BCUT2D eigenvalue weighted by atomic mass is 79.9. The third kappa shape index (κ3) is 4.29. The predicted molar refractivity (Wildman–Crippen MR) is 85.8 cm³/mol. The Morgan fingerprint density at radius 3 is 2.48 bits per heavy atom. The summed E-state index contributed by atoms with van der Waals surface area (Å²) in [5, 5.41) is 5.43. The van der Waals surface area contributed by atoms with Crippen LogP contribution in [-0.2, 0) is 0 Å². The van der Waals surface area contributed by atoms with Crippen LogP contribution in [0.4, 0.5) is 14.9 Å². The molecule has 0 radical (unpaired) electrons. The molecule has 1 atom stereocenters. The molecule has 110 valence electrons. The Labute approximate surface area is 131 Å². The van der Waals surface area contributed by atoms with Crippen LogP contribution in [0.25, 0.3) is 0 Å². The number of benzene rings is 2. The summed E-state index contributed by atoms with van der Waals surface area (Å²) in [4.78, 5) is 11.9. The molecule has 1 unspecified atom stereocenters. The lowest BCUT2D eigenvalue weighted by molar-refractivity contribution is 0.249. The molecule has 5 heteroatoms. The van der Waals surface area contributed by atoms with E-state index >= 15 is 0 Å². The minimum Gasteiger partial charge on any atom is -0.331 e. The maximum absolute atomic E-state index is 13.4. The molecule has 0 aliphatic carbocycles. The summed E-state index contributed by atoms with van der Waals surface area (Å²) in [5.41, 5.74) is 1.96. The number of carbonyl (C=O) groups excluding carboxylic acids is 1. The summed E-state index contributed by atoms with van der Waals surface area (Å²) in [6.07, 6.45) is 0. The van der Waals surface area contributed by atoms with Crippen LogP contribution in [0.1, 0.15) is 24.1 Å². The zero-order valence-electron chi connectivity index (χ0n) is 11.8. The van der Waals surface area contributed by atoms with Gasteiger partial charge in [-0.2, -0.15) is 0 Å². The highest BCUT2D eigenvalue weighted by Crippen LogP contribution is 2.17. The highest BCUT2D eigenvalue weighted by Gasteiger charge is 2.10. The van der Waals surface area contributed by atoms with Crippen LogP contribution in [0.5, 0.6) is 0 Å². The molecule has 0 heterocycles. The Balaban J connectivity index is 1.97. The van der Waals surface area contributed by atoms with Crippen LogP contribution in [0.15, 0.2) is 46.9 Å². The summed E-state index contributed by atoms with van der Waals surface area (Å²) in [7, 11) is 0. The molecule has 0 saturated carbocycles. The molecule has 2 aromatic rings. The fraction of sp³-hybridized carbons (Fsp3) is 0.188. The Hall–Kier alpha value is -1.88. The van der Waals surface area contributed by atoms with Crippen LogP contribution in [0, 0.1) is 12.7 Å². The number of halogens is 2. The average Bonchev–Trinajstić information content (AvgIpc) is 2.43. The van der Waals surface area contributed by atoms with Gasteiger partial charge in [0, 0.05) is 10.2 Å². The molecule has 0 fully saturated rings. The highest BCUT2D eigenvalue weighted by molar-refractivity contribution is 9.10. The van der Waals surface area contributed by atoms with Gasteiger partial charge in [-0.05, 0) is 49.2 Å². The molecule has 0 aliphatic heterocycles.